The summed E-state index contributed by atoms with van der Waals surface area (Å²) in [7, 11) is 3.30. The number of aromatic nitrogens is 2. The molecule has 2 aromatic heterocycles. The van der Waals surface area contributed by atoms with Crippen molar-refractivity contribution in [1.29, 1.82) is 0 Å². The zero-order valence-corrected chi connectivity index (χ0v) is 11.9. The van der Waals surface area contributed by atoms with Gasteiger partial charge in [-0.3, -0.25) is 4.98 Å². The van der Waals surface area contributed by atoms with Gasteiger partial charge in [-0.2, -0.15) is 0 Å². The average Bonchev–Trinajstić information content (AvgIpc) is 2.81. The number of hydrogen-bond donors (Lipinski definition) is 0. The normalized spacial score (nSPS) is 10.3. The highest BCUT2D eigenvalue weighted by Gasteiger charge is 2.17. The lowest BCUT2D eigenvalue weighted by Gasteiger charge is -2.14. The molecule has 2 aromatic rings. The Hall–Kier alpha value is -1.95. The zero-order valence-electron chi connectivity index (χ0n) is 11.1. The van der Waals surface area contributed by atoms with E-state index in [2.05, 4.69) is 9.97 Å². The summed E-state index contributed by atoms with van der Waals surface area (Å²) >= 11 is 1.33. The van der Waals surface area contributed by atoms with Crippen molar-refractivity contribution in [2.45, 2.75) is 13.5 Å². The maximum atomic E-state index is 11.5. The standard InChI is InChI=1S/C13H15N3O2S/c1-9-11(12(17)18-3)19-13(15-9)16(2)8-10-6-4-5-7-14-10/h4-7H,8H2,1-3H3. The Kier molecular flexibility index (Phi) is 4.11. The Labute approximate surface area is 115 Å². The molecular formula is C13H15N3O2S. The van der Waals surface area contributed by atoms with Crippen molar-refractivity contribution in [2.24, 2.45) is 0 Å². The fraction of sp³-hybridized carbons (Fsp3) is 0.308. The van der Waals surface area contributed by atoms with Gasteiger partial charge in [0, 0.05) is 13.2 Å². The fourth-order valence-corrected chi connectivity index (χ4v) is 2.58. The minimum atomic E-state index is -0.340. The molecule has 2 heterocycles. The molecule has 0 saturated heterocycles. The van der Waals surface area contributed by atoms with Crippen LogP contribution in [-0.2, 0) is 11.3 Å². The van der Waals surface area contributed by atoms with E-state index in [0.717, 1.165) is 10.8 Å². The highest BCUT2D eigenvalue weighted by Crippen LogP contribution is 2.26. The Bertz CT molecular complexity index is 569. The van der Waals surface area contributed by atoms with Crippen molar-refractivity contribution >= 4 is 22.4 Å². The average molecular weight is 277 g/mol. The lowest BCUT2D eigenvalue weighted by molar-refractivity contribution is 0.0605. The molecule has 0 fully saturated rings. The van der Waals surface area contributed by atoms with E-state index in [1.807, 2.05) is 30.1 Å². The highest BCUT2D eigenvalue weighted by molar-refractivity contribution is 7.17. The fourth-order valence-electron chi connectivity index (χ4n) is 1.63. The zero-order chi connectivity index (χ0) is 13.8. The number of carbonyl (C=O) groups excluding carboxylic acids is 1. The first-order valence-electron chi connectivity index (χ1n) is 5.78. The van der Waals surface area contributed by atoms with E-state index in [1.54, 1.807) is 13.1 Å². The summed E-state index contributed by atoms with van der Waals surface area (Å²) in [5.74, 6) is -0.340. The molecule has 6 heteroatoms. The third-order valence-corrected chi connectivity index (χ3v) is 3.86. The van der Waals surface area contributed by atoms with Crippen LogP contribution in [0.25, 0.3) is 0 Å². The molecule has 0 aliphatic heterocycles. The number of rotatable bonds is 4. The van der Waals surface area contributed by atoms with Crippen molar-refractivity contribution in [3.63, 3.8) is 0 Å². The third-order valence-electron chi connectivity index (χ3n) is 2.61. The van der Waals surface area contributed by atoms with Gasteiger partial charge >= 0.3 is 5.97 Å². The SMILES string of the molecule is COC(=O)c1sc(N(C)Cc2ccccn2)nc1C. The second-order valence-electron chi connectivity index (χ2n) is 4.08. The van der Waals surface area contributed by atoms with Gasteiger partial charge in [0.2, 0.25) is 0 Å². The minimum absolute atomic E-state index is 0.340. The Morgan fingerprint density at radius 3 is 2.89 bits per heavy atom. The first-order chi connectivity index (χ1) is 9.11. The van der Waals surface area contributed by atoms with Crippen molar-refractivity contribution in [3.8, 4) is 0 Å². The van der Waals surface area contributed by atoms with Gasteiger partial charge in [-0.15, -0.1) is 0 Å². The first kappa shape index (κ1) is 13.5. The first-order valence-corrected chi connectivity index (χ1v) is 6.60. The number of hydrogen-bond acceptors (Lipinski definition) is 6. The molecule has 0 amide bonds. The summed E-state index contributed by atoms with van der Waals surface area (Å²) in [6.07, 6.45) is 1.76. The quantitative estimate of drug-likeness (QED) is 0.802. The van der Waals surface area contributed by atoms with Gasteiger partial charge in [0.05, 0.1) is 25.0 Å². The number of methoxy groups -OCH3 is 1. The van der Waals surface area contributed by atoms with Crippen LogP contribution in [0, 0.1) is 6.92 Å². The van der Waals surface area contributed by atoms with Gasteiger partial charge in [-0.1, -0.05) is 17.4 Å². The number of ether oxygens (including phenoxy) is 1. The van der Waals surface area contributed by atoms with Gasteiger partial charge in [-0.25, -0.2) is 9.78 Å². The molecule has 0 aliphatic rings. The molecule has 2 rings (SSSR count). The van der Waals surface area contributed by atoms with Crippen LogP contribution in [0.5, 0.6) is 0 Å². The topological polar surface area (TPSA) is 55.3 Å². The van der Waals surface area contributed by atoms with Crippen LogP contribution in [0.15, 0.2) is 24.4 Å². The molecule has 0 N–H and O–H groups in total. The maximum Gasteiger partial charge on any atom is 0.350 e. The lowest BCUT2D eigenvalue weighted by atomic mass is 10.3. The van der Waals surface area contributed by atoms with E-state index in [-0.39, 0.29) is 5.97 Å². The number of carbonyl (C=O) groups is 1. The van der Waals surface area contributed by atoms with Crippen LogP contribution in [-0.4, -0.2) is 30.1 Å². The van der Waals surface area contributed by atoms with E-state index in [0.29, 0.717) is 17.1 Å². The molecule has 0 bridgehead atoms. The smallest absolute Gasteiger partial charge is 0.350 e. The Morgan fingerprint density at radius 1 is 1.47 bits per heavy atom. The third kappa shape index (κ3) is 3.08. The Morgan fingerprint density at radius 2 is 2.26 bits per heavy atom. The summed E-state index contributed by atoms with van der Waals surface area (Å²) < 4.78 is 4.73. The minimum Gasteiger partial charge on any atom is -0.465 e. The van der Waals surface area contributed by atoms with Crippen LogP contribution < -0.4 is 4.90 Å². The molecule has 0 unspecified atom stereocenters. The van der Waals surface area contributed by atoms with E-state index in [9.17, 15) is 4.79 Å². The van der Waals surface area contributed by atoms with Crippen LogP contribution in [0.3, 0.4) is 0 Å². The molecule has 0 aromatic carbocycles. The number of pyridine rings is 1. The largest absolute Gasteiger partial charge is 0.465 e. The van der Waals surface area contributed by atoms with Gasteiger partial charge < -0.3 is 9.64 Å². The number of nitrogens with zero attached hydrogens (tertiary/aromatic N) is 3. The van der Waals surface area contributed by atoms with Crippen LogP contribution in [0.4, 0.5) is 5.13 Å². The highest BCUT2D eigenvalue weighted by atomic mass is 32.1. The molecule has 100 valence electrons. The van der Waals surface area contributed by atoms with Crippen molar-refractivity contribution in [3.05, 3.63) is 40.7 Å². The Balaban J connectivity index is 2.16. The van der Waals surface area contributed by atoms with Gasteiger partial charge in [0.25, 0.3) is 0 Å². The second kappa shape index (κ2) is 5.79. The number of anilines is 1. The summed E-state index contributed by atoms with van der Waals surface area (Å²) in [6.45, 7) is 2.45. The molecule has 0 saturated carbocycles. The van der Waals surface area contributed by atoms with Crippen LogP contribution >= 0.6 is 11.3 Å². The predicted octanol–water partition coefficient (Wildman–Crippen LogP) is 2.27. The molecule has 5 nitrogen and oxygen atoms in total. The summed E-state index contributed by atoms with van der Waals surface area (Å²) in [4.78, 5) is 22.7. The molecule has 19 heavy (non-hydrogen) atoms. The van der Waals surface area contributed by atoms with Crippen LogP contribution in [0.1, 0.15) is 21.1 Å². The van der Waals surface area contributed by atoms with E-state index >= 15 is 0 Å². The summed E-state index contributed by atoms with van der Waals surface area (Å²) in [5.41, 5.74) is 1.65. The van der Waals surface area contributed by atoms with Crippen LogP contribution in [0.2, 0.25) is 0 Å². The maximum absolute atomic E-state index is 11.5. The molecule has 0 atom stereocenters. The number of esters is 1. The van der Waals surface area contributed by atoms with Gasteiger partial charge in [0.15, 0.2) is 5.13 Å². The van der Waals surface area contributed by atoms with E-state index < -0.39 is 0 Å². The number of aryl methyl sites for hydroxylation is 1. The summed E-state index contributed by atoms with van der Waals surface area (Å²) in [6, 6.07) is 5.79. The van der Waals surface area contributed by atoms with Gasteiger partial charge in [-0.05, 0) is 19.1 Å². The summed E-state index contributed by atoms with van der Waals surface area (Å²) in [5, 5.41) is 0.781. The number of thiazole rings is 1. The monoisotopic (exact) mass is 277 g/mol. The molecular weight excluding hydrogens is 262 g/mol. The molecule has 0 aliphatic carbocycles. The van der Waals surface area contributed by atoms with Crippen molar-refractivity contribution < 1.29 is 9.53 Å². The van der Waals surface area contributed by atoms with E-state index in [1.165, 1.54) is 18.4 Å². The lowest BCUT2D eigenvalue weighted by Crippen LogP contribution is -2.16. The van der Waals surface area contributed by atoms with Crippen molar-refractivity contribution in [2.75, 3.05) is 19.1 Å². The predicted molar refractivity (Wildman–Crippen MR) is 74.5 cm³/mol. The van der Waals surface area contributed by atoms with Gasteiger partial charge in [0.1, 0.15) is 4.88 Å². The second-order valence-corrected chi connectivity index (χ2v) is 5.06. The molecule has 0 radical (unpaired) electrons. The van der Waals surface area contributed by atoms with Crippen molar-refractivity contribution in [1.82, 2.24) is 9.97 Å². The molecule has 0 spiro atoms. The van der Waals surface area contributed by atoms with E-state index in [4.69, 9.17) is 4.74 Å².